The van der Waals surface area contributed by atoms with Crippen LogP contribution in [-0.2, 0) is 4.79 Å². The number of amides is 1. The number of anilines is 1. The first-order valence-corrected chi connectivity index (χ1v) is 7.94. The standard InChI is InChI=1S/C17H25ClN2O/c1-10-9-12(18)5-8-15(10)20-16(21)13-6-7-14(19)11(2)17(13,3)4/h5,8-9,11,13-14H,6-7,19H2,1-4H3,(H,20,21). The Morgan fingerprint density at radius 3 is 2.67 bits per heavy atom. The van der Waals surface area contributed by atoms with Gasteiger partial charge in [-0.1, -0.05) is 32.4 Å². The molecule has 3 N–H and O–H groups in total. The molecule has 21 heavy (non-hydrogen) atoms. The maximum atomic E-state index is 12.7. The number of aryl methyl sites for hydroxylation is 1. The van der Waals surface area contributed by atoms with Crippen LogP contribution in [-0.4, -0.2) is 11.9 Å². The molecule has 0 saturated heterocycles. The van der Waals surface area contributed by atoms with E-state index in [1.54, 1.807) is 6.07 Å². The van der Waals surface area contributed by atoms with Crippen molar-refractivity contribution >= 4 is 23.2 Å². The Labute approximate surface area is 132 Å². The van der Waals surface area contributed by atoms with Gasteiger partial charge in [0.05, 0.1) is 0 Å². The van der Waals surface area contributed by atoms with Crippen LogP contribution in [0.25, 0.3) is 0 Å². The minimum absolute atomic E-state index is 0.0117. The smallest absolute Gasteiger partial charge is 0.228 e. The van der Waals surface area contributed by atoms with E-state index in [2.05, 4.69) is 26.1 Å². The topological polar surface area (TPSA) is 55.1 Å². The summed E-state index contributed by atoms with van der Waals surface area (Å²) in [7, 11) is 0. The van der Waals surface area contributed by atoms with Crippen LogP contribution in [0.1, 0.15) is 39.2 Å². The van der Waals surface area contributed by atoms with E-state index in [4.69, 9.17) is 17.3 Å². The van der Waals surface area contributed by atoms with Crippen LogP contribution in [0.3, 0.4) is 0 Å². The quantitative estimate of drug-likeness (QED) is 0.868. The molecule has 0 aromatic heterocycles. The number of benzene rings is 1. The molecule has 0 spiro atoms. The third kappa shape index (κ3) is 3.24. The highest BCUT2D eigenvalue weighted by Crippen LogP contribution is 2.44. The van der Waals surface area contributed by atoms with Crippen LogP contribution in [0.4, 0.5) is 5.69 Å². The maximum absolute atomic E-state index is 12.7. The van der Waals surface area contributed by atoms with Gasteiger partial charge in [0.1, 0.15) is 0 Å². The summed E-state index contributed by atoms with van der Waals surface area (Å²) in [4.78, 5) is 12.7. The van der Waals surface area contributed by atoms with Crippen molar-refractivity contribution in [3.8, 4) is 0 Å². The number of hydrogen-bond donors (Lipinski definition) is 2. The Kier molecular flexibility index (Phi) is 4.64. The summed E-state index contributed by atoms with van der Waals surface area (Å²) in [5, 5.41) is 3.74. The predicted molar refractivity (Wildman–Crippen MR) is 88.5 cm³/mol. The number of carbonyl (C=O) groups excluding carboxylic acids is 1. The molecule has 4 heteroatoms. The Bertz CT molecular complexity index is 542. The van der Waals surface area contributed by atoms with Gasteiger partial charge in [-0.15, -0.1) is 0 Å². The van der Waals surface area contributed by atoms with Gasteiger partial charge in [-0.25, -0.2) is 0 Å². The molecule has 1 aromatic carbocycles. The molecule has 1 saturated carbocycles. The van der Waals surface area contributed by atoms with E-state index in [1.807, 2.05) is 19.1 Å². The Hall–Kier alpha value is -1.06. The number of halogens is 1. The summed E-state index contributed by atoms with van der Waals surface area (Å²) in [5.74, 6) is 0.403. The molecule has 0 aliphatic heterocycles. The van der Waals surface area contributed by atoms with E-state index in [0.717, 1.165) is 24.1 Å². The molecule has 0 bridgehead atoms. The zero-order valence-corrected chi connectivity index (χ0v) is 14.0. The van der Waals surface area contributed by atoms with E-state index in [-0.39, 0.29) is 23.3 Å². The van der Waals surface area contributed by atoms with Gasteiger partial charge in [-0.05, 0) is 54.9 Å². The molecule has 1 amide bonds. The zero-order chi connectivity index (χ0) is 15.8. The fourth-order valence-corrected chi connectivity index (χ4v) is 3.53. The van der Waals surface area contributed by atoms with Gasteiger partial charge in [0, 0.05) is 22.7 Å². The number of hydrogen-bond acceptors (Lipinski definition) is 2. The first-order valence-electron chi connectivity index (χ1n) is 7.56. The van der Waals surface area contributed by atoms with Gasteiger partial charge in [-0.2, -0.15) is 0 Å². The molecule has 3 unspecified atom stereocenters. The van der Waals surface area contributed by atoms with E-state index in [9.17, 15) is 4.79 Å². The summed E-state index contributed by atoms with van der Waals surface area (Å²) in [6, 6.07) is 5.71. The van der Waals surface area contributed by atoms with Gasteiger partial charge in [0.2, 0.25) is 5.91 Å². The molecule has 3 atom stereocenters. The van der Waals surface area contributed by atoms with Gasteiger partial charge < -0.3 is 11.1 Å². The van der Waals surface area contributed by atoms with Crippen LogP contribution in [0, 0.1) is 24.2 Å². The molecule has 2 rings (SSSR count). The fourth-order valence-electron chi connectivity index (χ4n) is 3.31. The number of nitrogens with one attached hydrogen (secondary N) is 1. The number of nitrogens with two attached hydrogens (primary N) is 1. The highest BCUT2D eigenvalue weighted by Gasteiger charge is 2.45. The predicted octanol–water partition coefficient (Wildman–Crippen LogP) is 3.99. The van der Waals surface area contributed by atoms with Crippen molar-refractivity contribution in [3.05, 3.63) is 28.8 Å². The van der Waals surface area contributed by atoms with E-state index >= 15 is 0 Å². The first-order chi connectivity index (χ1) is 9.73. The lowest BCUT2D eigenvalue weighted by Crippen LogP contribution is -2.50. The van der Waals surface area contributed by atoms with Crippen molar-refractivity contribution in [1.82, 2.24) is 0 Å². The fraction of sp³-hybridized carbons (Fsp3) is 0.588. The molecular weight excluding hydrogens is 284 g/mol. The molecule has 116 valence electrons. The third-order valence-electron chi connectivity index (χ3n) is 5.27. The van der Waals surface area contributed by atoms with Crippen molar-refractivity contribution in [2.24, 2.45) is 23.0 Å². The van der Waals surface area contributed by atoms with Crippen molar-refractivity contribution in [2.75, 3.05) is 5.32 Å². The SMILES string of the molecule is Cc1cc(Cl)ccc1NC(=O)C1CCC(N)C(C)C1(C)C. The van der Waals surface area contributed by atoms with Crippen molar-refractivity contribution in [3.63, 3.8) is 0 Å². The van der Waals surface area contributed by atoms with Crippen molar-refractivity contribution in [2.45, 2.75) is 46.6 Å². The Morgan fingerprint density at radius 1 is 1.38 bits per heavy atom. The molecule has 1 aliphatic rings. The molecule has 0 heterocycles. The average Bonchev–Trinajstić information content (AvgIpc) is 2.39. The van der Waals surface area contributed by atoms with Crippen LogP contribution < -0.4 is 11.1 Å². The number of rotatable bonds is 2. The molecule has 1 aliphatic carbocycles. The molecule has 1 fully saturated rings. The normalized spacial score (nSPS) is 28.2. The van der Waals surface area contributed by atoms with E-state index in [0.29, 0.717) is 10.9 Å². The molecular formula is C17H25ClN2O. The van der Waals surface area contributed by atoms with Crippen LogP contribution in [0.15, 0.2) is 18.2 Å². The van der Waals surface area contributed by atoms with Gasteiger partial charge in [0.25, 0.3) is 0 Å². The number of carbonyl (C=O) groups is 1. The lowest BCUT2D eigenvalue weighted by Gasteiger charge is -2.46. The highest BCUT2D eigenvalue weighted by atomic mass is 35.5. The monoisotopic (exact) mass is 308 g/mol. The third-order valence-corrected chi connectivity index (χ3v) is 5.50. The summed E-state index contributed by atoms with van der Waals surface area (Å²) < 4.78 is 0. The van der Waals surface area contributed by atoms with Gasteiger partial charge in [-0.3, -0.25) is 4.79 Å². The Morgan fingerprint density at radius 2 is 2.05 bits per heavy atom. The molecule has 1 aromatic rings. The second kappa shape index (κ2) is 5.98. The maximum Gasteiger partial charge on any atom is 0.228 e. The second-order valence-corrected chi connectivity index (χ2v) is 7.29. The zero-order valence-electron chi connectivity index (χ0n) is 13.2. The minimum atomic E-state index is -0.0952. The van der Waals surface area contributed by atoms with Gasteiger partial charge in [0.15, 0.2) is 0 Å². The van der Waals surface area contributed by atoms with Crippen LogP contribution in [0.5, 0.6) is 0 Å². The first kappa shape index (κ1) is 16.3. The summed E-state index contributed by atoms with van der Waals surface area (Å²) in [5.41, 5.74) is 7.88. The van der Waals surface area contributed by atoms with Crippen molar-refractivity contribution < 1.29 is 4.79 Å². The summed E-state index contributed by atoms with van der Waals surface area (Å²) in [6.45, 7) is 8.40. The summed E-state index contributed by atoms with van der Waals surface area (Å²) >= 11 is 5.96. The highest BCUT2D eigenvalue weighted by molar-refractivity contribution is 6.30. The summed E-state index contributed by atoms with van der Waals surface area (Å²) in [6.07, 6.45) is 1.75. The van der Waals surface area contributed by atoms with Gasteiger partial charge >= 0.3 is 0 Å². The van der Waals surface area contributed by atoms with E-state index in [1.165, 1.54) is 0 Å². The molecule has 0 radical (unpaired) electrons. The average molecular weight is 309 g/mol. The van der Waals surface area contributed by atoms with Crippen LogP contribution in [0.2, 0.25) is 5.02 Å². The molecule has 3 nitrogen and oxygen atoms in total. The largest absolute Gasteiger partial charge is 0.327 e. The minimum Gasteiger partial charge on any atom is -0.327 e. The second-order valence-electron chi connectivity index (χ2n) is 6.85. The Balaban J connectivity index is 2.16. The van der Waals surface area contributed by atoms with E-state index < -0.39 is 0 Å². The lowest BCUT2D eigenvalue weighted by atomic mass is 9.61. The van der Waals surface area contributed by atoms with Crippen molar-refractivity contribution in [1.29, 1.82) is 0 Å². The van der Waals surface area contributed by atoms with Crippen LogP contribution >= 0.6 is 11.6 Å². The lowest BCUT2D eigenvalue weighted by molar-refractivity contribution is -0.127.